The van der Waals surface area contributed by atoms with Crippen molar-refractivity contribution in [1.82, 2.24) is 10.3 Å². The number of nitrogens with zero attached hydrogens (tertiary/aromatic N) is 1. The molecule has 5 heteroatoms. The number of rotatable bonds is 3. The Bertz CT molecular complexity index is 375. The van der Waals surface area contributed by atoms with E-state index in [2.05, 4.69) is 10.3 Å². The van der Waals surface area contributed by atoms with Gasteiger partial charge in [0.05, 0.1) is 5.56 Å². The third-order valence-corrected chi connectivity index (χ3v) is 2.88. The molecule has 0 saturated carbocycles. The Labute approximate surface area is 99.2 Å². The van der Waals surface area contributed by atoms with Gasteiger partial charge in [0, 0.05) is 26.0 Å². The molecule has 1 N–H and O–H groups in total. The molecule has 1 aliphatic heterocycles. The van der Waals surface area contributed by atoms with Gasteiger partial charge in [-0.1, -0.05) is 0 Å². The molecule has 0 spiro atoms. The van der Waals surface area contributed by atoms with Crippen LogP contribution in [0.4, 0.5) is 4.39 Å². The van der Waals surface area contributed by atoms with Crippen molar-refractivity contribution in [3.63, 3.8) is 0 Å². The van der Waals surface area contributed by atoms with Gasteiger partial charge < -0.3 is 10.1 Å². The van der Waals surface area contributed by atoms with Gasteiger partial charge in [0.15, 0.2) is 0 Å². The Morgan fingerprint density at radius 2 is 2.24 bits per heavy atom. The summed E-state index contributed by atoms with van der Waals surface area (Å²) in [4.78, 5) is 15.1. The van der Waals surface area contributed by atoms with Crippen LogP contribution >= 0.6 is 0 Å². The van der Waals surface area contributed by atoms with Crippen LogP contribution in [0.3, 0.4) is 0 Å². The molecule has 4 nitrogen and oxygen atoms in total. The zero-order valence-electron chi connectivity index (χ0n) is 9.49. The van der Waals surface area contributed by atoms with E-state index in [0.717, 1.165) is 26.1 Å². The van der Waals surface area contributed by atoms with E-state index in [-0.39, 0.29) is 5.91 Å². The van der Waals surface area contributed by atoms with Gasteiger partial charge in [-0.25, -0.2) is 4.98 Å². The Kier molecular flexibility index (Phi) is 4.03. The van der Waals surface area contributed by atoms with E-state index in [1.807, 2.05) is 0 Å². The fourth-order valence-corrected chi connectivity index (χ4v) is 1.80. The van der Waals surface area contributed by atoms with Crippen LogP contribution in [0.15, 0.2) is 18.3 Å². The average molecular weight is 238 g/mol. The molecular formula is C12H15FN2O2. The summed E-state index contributed by atoms with van der Waals surface area (Å²) in [5.41, 5.74) is 0.387. The van der Waals surface area contributed by atoms with E-state index < -0.39 is 5.95 Å². The lowest BCUT2D eigenvalue weighted by Crippen LogP contribution is -2.32. The number of carbonyl (C=O) groups is 1. The number of hydrogen-bond acceptors (Lipinski definition) is 3. The number of nitrogens with one attached hydrogen (secondary N) is 1. The van der Waals surface area contributed by atoms with E-state index in [1.165, 1.54) is 18.3 Å². The van der Waals surface area contributed by atoms with Gasteiger partial charge in [0.2, 0.25) is 5.95 Å². The van der Waals surface area contributed by atoms with Crippen LogP contribution in [0.2, 0.25) is 0 Å². The molecule has 92 valence electrons. The quantitative estimate of drug-likeness (QED) is 0.809. The smallest absolute Gasteiger partial charge is 0.252 e. The largest absolute Gasteiger partial charge is 0.381 e. The summed E-state index contributed by atoms with van der Waals surface area (Å²) in [6.07, 6.45) is 3.19. The first-order valence-electron chi connectivity index (χ1n) is 5.73. The van der Waals surface area contributed by atoms with Gasteiger partial charge in [0.25, 0.3) is 5.91 Å². The molecule has 1 aliphatic rings. The summed E-state index contributed by atoms with van der Waals surface area (Å²) < 4.78 is 17.8. The highest BCUT2D eigenvalue weighted by Crippen LogP contribution is 2.13. The summed E-state index contributed by atoms with van der Waals surface area (Å²) >= 11 is 0. The maximum atomic E-state index is 12.6. The summed E-state index contributed by atoms with van der Waals surface area (Å²) in [6.45, 7) is 2.16. The monoisotopic (exact) mass is 238 g/mol. The van der Waals surface area contributed by atoms with Crippen molar-refractivity contribution in [1.29, 1.82) is 0 Å². The Morgan fingerprint density at radius 3 is 2.88 bits per heavy atom. The molecule has 1 fully saturated rings. The van der Waals surface area contributed by atoms with Gasteiger partial charge in [-0.15, -0.1) is 0 Å². The zero-order valence-corrected chi connectivity index (χ0v) is 9.49. The topological polar surface area (TPSA) is 51.2 Å². The minimum atomic E-state index is -0.578. The van der Waals surface area contributed by atoms with Gasteiger partial charge in [-0.2, -0.15) is 4.39 Å². The molecule has 17 heavy (non-hydrogen) atoms. The van der Waals surface area contributed by atoms with E-state index in [0.29, 0.717) is 18.0 Å². The van der Waals surface area contributed by atoms with Crippen LogP contribution < -0.4 is 5.32 Å². The fourth-order valence-electron chi connectivity index (χ4n) is 1.80. The van der Waals surface area contributed by atoms with E-state index in [4.69, 9.17) is 4.74 Å². The third kappa shape index (κ3) is 3.49. The molecule has 0 unspecified atom stereocenters. The molecule has 1 aromatic rings. The molecule has 1 amide bonds. The molecule has 2 heterocycles. The minimum absolute atomic E-state index is 0.205. The molecule has 0 atom stereocenters. The maximum Gasteiger partial charge on any atom is 0.252 e. The minimum Gasteiger partial charge on any atom is -0.381 e. The van der Waals surface area contributed by atoms with Gasteiger partial charge >= 0.3 is 0 Å². The van der Waals surface area contributed by atoms with Crippen molar-refractivity contribution in [3.05, 3.63) is 29.8 Å². The van der Waals surface area contributed by atoms with Crippen LogP contribution in [0.25, 0.3) is 0 Å². The van der Waals surface area contributed by atoms with E-state index in [1.54, 1.807) is 0 Å². The molecule has 2 rings (SSSR count). The second kappa shape index (κ2) is 5.72. The van der Waals surface area contributed by atoms with Crippen molar-refractivity contribution in [2.24, 2.45) is 5.92 Å². The third-order valence-electron chi connectivity index (χ3n) is 2.88. The van der Waals surface area contributed by atoms with Crippen molar-refractivity contribution in [3.8, 4) is 0 Å². The molecule has 0 aromatic carbocycles. The first kappa shape index (κ1) is 12.0. The summed E-state index contributed by atoms with van der Waals surface area (Å²) in [5, 5.41) is 2.83. The number of carbonyl (C=O) groups excluding carboxylic acids is 1. The van der Waals surface area contributed by atoms with Crippen molar-refractivity contribution in [2.75, 3.05) is 19.8 Å². The Hall–Kier alpha value is -1.49. The Morgan fingerprint density at radius 1 is 1.47 bits per heavy atom. The lowest BCUT2D eigenvalue weighted by molar-refractivity contribution is 0.0642. The predicted molar refractivity (Wildman–Crippen MR) is 60.1 cm³/mol. The lowest BCUT2D eigenvalue weighted by atomic mass is 10.0. The number of ether oxygens (including phenoxy) is 1. The molecule has 0 bridgehead atoms. The second-order valence-electron chi connectivity index (χ2n) is 4.14. The number of halogens is 1. The van der Waals surface area contributed by atoms with Crippen molar-refractivity contribution >= 4 is 5.91 Å². The lowest BCUT2D eigenvalue weighted by Gasteiger charge is -2.22. The van der Waals surface area contributed by atoms with Crippen LogP contribution in [0.1, 0.15) is 23.2 Å². The van der Waals surface area contributed by atoms with Crippen LogP contribution in [0, 0.1) is 11.9 Å². The number of hydrogen-bond donors (Lipinski definition) is 1. The highest BCUT2D eigenvalue weighted by atomic mass is 19.1. The SMILES string of the molecule is O=C(NCC1CCOCC1)c1ccc(F)nc1. The normalized spacial score (nSPS) is 16.8. The first-order valence-corrected chi connectivity index (χ1v) is 5.73. The van der Waals surface area contributed by atoms with Gasteiger partial charge in [-0.3, -0.25) is 4.79 Å². The van der Waals surface area contributed by atoms with E-state index >= 15 is 0 Å². The fraction of sp³-hybridized carbons (Fsp3) is 0.500. The predicted octanol–water partition coefficient (Wildman–Crippen LogP) is 1.38. The molecular weight excluding hydrogens is 223 g/mol. The van der Waals surface area contributed by atoms with Crippen LogP contribution in [0.5, 0.6) is 0 Å². The average Bonchev–Trinajstić information content (AvgIpc) is 2.38. The highest BCUT2D eigenvalue weighted by Gasteiger charge is 2.15. The van der Waals surface area contributed by atoms with Crippen LogP contribution in [-0.2, 0) is 4.74 Å². The Balaban J connectivity index is 1.82. The number of amides is 1. The molecule has 1 saturated heterocycles. The first-order chi connectivity index (χ1) is 8.25. The summed E-state index contributed by atoms with van der Waals surface area (Å²) in [6, 6.07) is 2.62. The van der Waals surface area contributed by atoms with Crippen molar-refractivity contribution in [2.45, 2.75) is 12.8 Å². The van der Waals surface area contributed by atoms with E-state index in [9.17, 15) is 9.18 Å². The zero-order chi connectivity index (χ0) is 12.1. The van der Waals surface area contributed by atoms with Gasteiger partial charge in [0.1, 0.15) is 0 Å². The molecule has 0 radical (unpaired) electrons. The number of aromatic nitrogens is 1. The summed E-state index contributed by atoms with van der Waals surface area (Å²) in [7, 11) is 0. The van der Waals surface area contributed by atoms with Gasteiger partial charge in [-0.05, 0) is 30.9 Å². The molecule has 1 aromatic heterocycles. The summed E-state index contributed by atoms with van der Waals surface area (Å²) in [5.74, 6) is -0.309. The second-order valence-corrected chi connectivity index (χ2v) is 4.14. The highest BCUT2D eigenvalue weighted by molar-refractivity contribution is 5.93. The standard InChI is InChI=1S/C12H15FN2O2/c13-11-2-1-10(8-14-11)12(16)15-7-9-3-5-17-6-4-9/h1-2,8-9H,3-7H2,(H,15,16). The number of pyridine rings is 1. The van der Waals surface area contributed by atoms with Crippen molar-refractivity contribution < 1.29 is 13.9 Å². The molecule has 0 aliphatic carbocycles. The maximum absolute atomic E-state index is 12.6. The van der Waals surface area contributed by atoms with Crippen LogP contribution in [-0.4, -0.2) is 30.6 Å².